The molecule has 0 saturated heterocycles. The van der Waals surface area contributed by atoms with Crippen LogP contribution >= 0.6 is 0 Å². The first-order valence-electron chi connectivity index (χ1n) is 11.6. The van der Waals surface area contributed by atoms with E-state index in [0.717, 1.165) is 46.9 Å². The van der Waals surface area contributed by atoms with Crippen molar-refractivity contribution < 1.29 is 19.0 Å². The Balaban J connectivity index is 1.41. The van der Waals surface area contributed by atoms with Crippen LogP contribution in [-0.2, 0) is 14.3 Å². The number of carbonyl (C=O) groups excluding carboxylic acids is 1. The third kappa shape index (κ3) is 3.69. The highest BCUT2D eigenvalue weighted by molar-refractivity contribution is 5.99. The summed E-state index contributed by atoms with van der Waals surface area (Å²) in [6.45, 7) is 6.78. The molecular formula is C28H31NO4. The van der Waals surface area contributed by atoms with Crippen LogP contribution in [0.3, 0.4) is 0 Å². The third-order valence-electron chi connectivity index (χ3n) is 7.45. The second-order valence-corrected chi connectivity index (χ2v) is 9.85. The minimum Gasteiger partial charge on any atom is -0.496 e. The van der Waals surface area contributed by atoms with E-state index in [9.17, 15) is 4.79 Å². The number of benzene rings is 2. The van der Waals surface area contributed by atoms with E-state index in [1.165, 1.54) is 5.56 Å². The Kier molecular flexibility index (Phi) is 5.23. The van der Waals surface area contributed by atoms with Crippen molar-refractivity contribution in [2.24, 2.45) is 10.8 Å². The molecule has 0 aromatic heterocycles. The predicted octanol–water partition coefficient (Wildman–Crippen LogP) is 6.39. The number of hydrogen-bond acceptors (Lipinski definition) is 4. The molecule has 0 bridgehead atoms. The monoisotopic (exact) mass is 445 g/mol. The molecule has 1 heterocycles. The van der Waals surface area contributed by atoms with Crippen molar-refractivity contribution in [2.75, 3.05) is 19.2 Å². The normalized spacial score (nSPS) is 22.5. The van der Waals surface area contributed by atoms with Gasteiger partial charge in [0, 0.05) is 23.1 Å². The Morgan fingerprint density at radius 2 is 1.94 bits per heavy atom. The first-order chi connectivity index (χ1) is 15.8. The number of nitrogens with one attached hydrogen (secondary N) is 1. The van der Waals surface area contributed by atoms with Crippen molar-refractivity contribution >= 4 is 11.6 Å². The Morgan fingerprint density at radius 1 is 1.12 bits per heavy atom. The van der Waals surface area contributed by atoms with Gasteiger partial charge in [0.1, 0.15) is 11.5 Å². The fourth-order valence-corrected chi connectivity index (χ4v) is 5.09. The molecule has 1 N–H and O–H groups in total. The van der Waals surface area contributed by atoms with Gasteiger partial charge in [0.2, 0.25) is 12.7 Å². The first kappa shape index (κ1) is 21.6. The smallest absolute Gasteiger partial charge is 0.231 e. The molecule has 1 fully saturated rings. The van der Waals surface area contributed by atoms with Gasteiger partial charge in [-0.05, 0) is 54.2 Å². The third-order valence-corrected chi connectivity index (χ3v) is 7.45. The summed E-state index contributed by atoms with van der Waals surface area (Å²) in [5.41, 5.74) is 3.36. The zero-order chi connectivity index (χ0) is 23.2. The summed E-state index contributed by atoms with van der Waals surface area (Å²) in [6, 6.07) is 14.3. The molecule has 5 heteroatoms. The number of methoxy groups -OCH3 is 1. The Bertz CT molecular complexity index is 1160. The van der Waals surface area contributed by atoms with Crippen molar-refractivity contribution in [1.29, 1.82) is 0 Å². The lowest BCUT2D eigenvalue weighted by Crippen LogP contribution is -2.39. The van der Waals surface area contributed by atoms with Gasteiger partial charge in [-0.1, -0.05) is 51.1 Å². The minimum absolute atomic E-state index is 0.0599. The number of hydrogen-bond donors (Lipinski definition) is 1. The highest BCUT2D eigenvalue weighted by atomic mass is 16.7. The van der Waals surface area contributed by atoms with Gasteiger partial charge in [0.15, 0.2) is 5.76 Å². The average Bonchev–Trinajstić information content (AvgIpc) is 3.53. The Morgan fingerprint density at radius 3 is 2.67 bits per heavy atom. The molecule has 2 aromatic rings. The highest BCUT2D eigenvalue weighted by Gasteiger charge is 2.62. The zero-order valence-corrected chi connectivity index (χ0v) is 19.7. The average molecular weight is 446 g/mol. The minimum atomic E-state index is -0.439. The maximum absolute atomic E-state index is 13.6. The molecule has 1 saturated carbocycles. The summed E-state index contributed by atoms with van der Waals surface area (Å²) in [7, 11) is 1.68. The van der Waals surface area contributed by atoms with Gasteiger partial charge in [0.25, 0.3) is 0 Å². The van der Waals surface area contributed by atoms with Crippen LogP contribution in [0, 0.1) is 10.8 Å². The molecule has 2 aromatic carbocycles. The summed E-state index contributed by atoms with van der Waals surface area (Å²) >= 11 is 0. The number of amides is 1. The van der Waals surface area contributed by atoms with Crippen LogP contribution in [0.2, 0.25) is 0 Å². The number of carbonyl (C=O) groups is 1. The van der Waals surface area contributed by atoms with Gasteiger partial charge in [-0.25, -0.2) is 0 Å². The van der Waals surface area contributed by atoms with Crippen LogP contribution in [0.4, 0.5) is 5.69 Å². The molecule has 2 aliphatic carbocycles. The molecule has 1 unspecified atom stereocenters. The SMILES string of the molecule is COc1ccc(NC(=O)C2(C3(C)C=CC4=C(C3)OCO4)CC2)cc1-c1cccc(C(C)C)c1. The van der Waals surface area contributed by atoms with Crippen molar-refractivity contribution in [3.63, 3.8) is 0 Å². The quantitative estimate of drug-likeness (QED) is 0.560. The van der Waals surface area contributed by atoms with Gasteiger partial charge >= 0.3 is 0 Å². The summed E-state index contributed by atoms with van der Waals surface area (Å²) in [6.07, 6.45) is 6.50. The number of anilines is 1. The summed E-state index contributed by atoms with van der Waals surface area (Å²) < 4.78 is 16.8. The molecule has 0 spiro atoms. The lowest BCUT2D eigenvalue weighted by atomic mass is 9.68. The van der Waals surface area contributed by atoms with Crippen LogP contribution in [0.1, 0.15) is 51.5 Å². The second-order valence-electron chi connectivity index (χ2n) is 9.85. The summed E-state index contributed by atoms with van der Waals surface area (Å²) in [5.74, 6) is 2.94. The molecule has 5 rings (SSSR count). The fourth-order valence-electron chi connectivity index (χ4n) is 5.09. The largest absolute Gasteiger partial charge is 0.496 e. The van der Waals surface area contributed by atoms with Gasteiger partial charge < -0.3 is 19.5 Å². The Labute approximate surface area is 195 Å². The maximum Gasteiger partial charge on any atom is 0.231 e. The van der Waals surface area contributed by atoms with Gasteiger partial charge in [-0.2, -0.15) is 0 Å². The Hall–Kier alpha value is -3.21. The topological polar surface area (TPSA) is 56.8 Å². The molecule has 1 atom stereocenters. The second kappa shape index (κ2) is 7.98. The van der Waals surface area contributed by atoms with Crippen molar-refractivity contribution in [2.45, 2.75) is 46.0 Å². The van der Waals surface area contributed by atoms with Crippen LogP contribution in [-0.4, -0.2) is 19.8 Å². The van der Waals surface area contributed by atoms with E-state index in [1.54, 1.807) is 7.11 Å². The number of rotatable bonds is 6. The van der Waals surface area contributed by atoms with Crippen LogP contribution in [0.15, 0.2) is 66.1 Å². The van der Waals surface area contributed by atoms with Gasteiger partial charge in [0.05, 0.1) is 12.5 Å². The standard InChI is InChI=1S/C28H31NO4/c1-18(2)19-6-5-7-20(14-19)22-15-21(8-9-23(22)31-4)29-26(30)28(12-13-28)27(3)11-10-24-25(16-27)33-17-32-24/h5-11,14-15,18H,12-13,16-17H2,1-4H3,(H,29,30). The summed E-state index contributed by atoms with van der Waals surface area (Å²) in [5, 5.41) is 3.21. The van der Waals surface area contributed by atoms with E-state index >= 15 is 0 Å². The molecular weight excluding hydrogens is 414 g/mol. The highest BCUT2D eigenvalue weighted by Crippen LogP contribution is 2.63. The van der Waals surface area contributed by atoms with E-state index in [2.05, 4.69) is 56.4 Å². The fraction of sp³-hybridized carbons (Fsp3) is 0.393. The van der Waals surface area contributed by atoms with Gasteiger partial charge in [-0.15, -0.1) is 0 Å². The lowest BCUT2D eigenvalue weighted by molar-refractivity contribution is -0.124. The van der Waals surface area contributed by atoms with E-state index in [-0.39, 0.29) is 18.1 Å². The molecule has 3 aliphatic rings. The molecule has 0 radical (unpaired) electrons. The first-order valence-corrected chi connectivity index (χ1v) is 11.6. The van der Waals surface area contributed by atoms with Crippen LogP contribution < -0.4 is 10.1 Å². The van der Waals surface area contributed by atoms with Crippen LogP contribution in [0.25, 0.3) is 11.1 Å². The zero-order valence-electron chi connectivity index (χ0n) is 19.7. The lowest BCUT2D eigenvalue weighted by Gasteiger charge is -2.36. The number of allylic oxidation sites excluding steroid dienone is 3. The van der Waals surface area contributed by atoms with Crippen molar-refractivity contribution in [1.82, 2.24) is 0 Å². The van der Waals surface area contributed by atoms with Crippen molar-refractivity contribution in [3.8, 4) is 16.9 Å². The molecule has 172 valence electrons. The van der Waals surface area contributed by atoms with Gasteiger partial charge in [-0.3, -0.25) is 4.79 Å². The molecule has 5 nitrogen and oxygen atoms in total. The van der Waals surface area contributed by atoms with E-state index < -0.39 is 5.41 Å². The van der Waals surface area contributed by atoms with Crippen molar-refractivity contribution in [3.05, 3.63) is 71.7 Å². The molecule has 33 heavy (non-hydrogen) atoms. The molecule has 1 amide bonds. The van der Waals surface area contributed by atoms with E-state index in [4.69, 9.17) is 14.2 Å². The molecule has 1 aliphatic heterocycles. The summed E-state index contributed by atoms with van der Waals surface area (Å²) in [4.78, 5) is 13.6. The van der Waals surface area contributed by atoms with E-state index in [1.807, 2.05) is 24.3 Å². The maximum atomic E-state index is 13.6. The van der Waals surface area contributed by atoms with E-state index in [0.29, 0.717) is 12.3 Å². The predicted molar refractivity (Wildman–Crippen MR) is 129 cm³/mol. The van der Waals surface area contributed by atoms with Crippen LogP contribution in [0.5, 0.6) is 5.75 Å². The number of ether oxygens (including phenoxy) is 3.